The number of allylic oxidation sites excluding steroid dienone is 1. The topological polar surface area (TPSA) is 49.4 Å². The van der Waals surface area contributed by atoms with E-state index in [0.29, 0.717) is 18.9 Å². The van der Waals surface area contributed by atoms with Crippen LogP contribution in [0.5, 0.6) is 0 Å². The predicted molar refractivity (Wildman–Crippen MR) is 96.8 cm³/mol. The van der Waals surface area contributed by atoms with E-state index in [1.807, 2.05) is 4.90 Å². The Hall–Kier alpha value is -2.17. The fourth-order valence-electron chi connectivity index (χ4n) is 4.31. The second kappa shape index (κ2) is 6.86. The van der Waals surface area contributed by atoms with Gasteiger partial charge in [-0.05, 0) is 56.6 Å². The number of piperidine rings is 1. The molecule has 1 heterocycles. The molecule has 1 aromatic rings. The van der Waals surface area contributed by atoms with Crippen LogP contribution in [0.15, 0.2) is 36.0 Å². The van der Waals surface area contributed by atoms with Gasteiger partial charge in [0.1, 0.15) is 5.82 Å². The summed E-state index contributed by atoms with van der Waals surface area (Å²) in [6, 6.07) is 6.05. The van der Waals surface area contributed by atoms with E-state index in [1.165, 1.54) is 25.0 Å². The normalized spacial score (nSPS) is 25.5. The zero-order valence-corrected chi connectivity index (χ0v) is 15.0. The molecule has 2 amide bonds. The minimum atomic E-state index is -0.504. The summed E-state index contributed by atoms with van der Waals surface area (Å²) in [6.07, 6.45) is 8.89. The summed E-state index contributed by atoms with van der Waals surface area (Å²) < 4.78 is 13.9. The number of likely N-dealkylation sites (tertiary alicyclic amines) is 1. The van der Waals surface area contributed by atoms with Crippen molar-refractivity contribution in [3.05, 3.63) is 47.4 Å². The maximum atomic E-state index is 13.9. The van der Waals surface area contributed by atoms with Crippen molar-refractivity contribution in [3.8, 4) is 0 Å². The molecule has 3 aliphatic rings. The van der Waals surface area contributed by atoms with Crippen molar-refractivity contribution in [1.29, 1.82) is 0 Å². The Kier molecular flexibility index (Phi) is 4.55. The number of rotatable bonds is 5. The zero-order valence-electron chi connectivity index (χ0n) is 15.0. The fraction of sp³-hybridized carbons (Fsp3) is 0.524. The molecule has 2 aliphatic carbocycles. The van der Waals surface area contributed by atoms with Crippen LogP contribution in [-0.4, -0.2) is 29.8 Å². The van der Waals surface area contributed by atoms with Gasteiger partial charge in [0, 0.05) is 30.6 Å². The third-order valence-corrected chi connectivity index (χ3v) is 5.99. The zero-order chi connectivity index (χ0) is 18.1. The van der Waals surface area contributed by atoms with Crippen LogP contribution in [0.3, 0.4) is 0 Å². The van der Waals surface area contributed by atoms with E-state index in [-0.39, 0.29) is 22.8 Å². The van der Waals surface area contributed by atoms with Gasteiger partial charge in [-0.3, -0.25) is 9.59 Å². The lowest BCUT2D eigenvalue weighted by atomic mass is 9.69. The summed E-state index contributed by atoms with van der Waals surface area (Å²) in [7, 11) is 0. The Morgan fingerprint density at radius 1 is 1.27 bits per heavy atom. The van der Waals surface area contributed by atoms with E-state index >= 15 is 0 Å². The van der Waals surface area contributed by atoms with Gasteiger partial charge in [0.05, 0.1) is 5.56 Å². The van der Waals surface area contributed by atoms with E-state index in [1.54, 1.807) is 12.1 Å². The van der Waals surface area contributed by atoms with Crippen molar-refractivity contribution < 1.29 is 14.0 Å². The second-order valence-electron chi connectivity index (χ2n) is 7.87. The van der Waals surface area contributed by atoms with E-state index < -0.39 is 5.82 Å². The molecule has 5 heteroatoms. The average Bonchev–Trinajstić information content (AvgIpc) is 3.47. The molecule has 1 saturated carbocycles. The van der Waals surface area contributed by atoms with E-state index in [2.05, 4.69) is 11.4 Å². The third-order valence-electron chi connectivity index (χ3n) is 5.99. The number of amides is 2. The van der Waals surface area contributed by atoms with Crippen LogP contribution in [0.2, 0.25) is 0 Å². The van der Waals surface area contributed by atoms with Gasteiger partial charge in [-0.1, -0.05) is 18.2 Å². The molecule has 1 aromatic carbocycles. The highest BCUT2D eigenvalue weighted by molar-refractivity contribution is 5.94. The van der Waals surface area contributed by atoms with Crippen LogP contribution < -0.4 is 5.32 Å². The highest BCUT2D eigenvalue weighted by Gasteiger charge is 2.45. The summed E-state index contributed by atoms with van der Waals surface area (Å²) in [5, 5.41) is 2.95. The summed E-state index contributed by atoms with van der Waals surface area (Å²) in [6.45, 7) is 1.27. The molecule has 1 unspecified atom stereocenters. The highest BCUT2D eigenvalue weighted by atomic mass is 19.1. The Balaban J connectivity index is 1.52. The Morgan fingerprint density at radius 2 is 2.08 bits per heavy atom. The van der Waals surface area contributed by atoms with Crippen molar-refractivity contribution in [3.63, 3.8) is 0 Å². The number of fused-ring (bicyclic) bond motifs is 1. The quantitative estimate of drug-likeness (QED) is 0.876. The molecule has 1 saturated heterocycles. The first-order chi connectivity index (χ1) is 12.6. The first-order valence-electron chi connectivity index (χ1n) is 9.63. The summed E-state index contributed by atoms with van der Waals surface area (Å²) in [5.41, 5.74) is 0.981. The molecule has 1 atom stereocenters. The molecule has 1 aliphatic heterocycles. The van der Waals surface area contributed by atoms with Crippen molar-refractivity contribution in [2.24, 2.45) is 11.3 Å². The molecule has 2 fully saturated rings. The first-order valence-corrected chi connectivity index (χ1v) is 9.63. The lowest BCUT2D eigenvalue weighted by Gasteiger charge is -2.47. The summed E-state index contributed by atoms with van der Waals surface area (Å²) >= 11 is 0. The smallest absolute Gasteiger partial charge is 0.254 e. The lowest BCUT2D eigenvalue weighted by Crippen LogP contribution is -2.51. The van der Waals surface area contributed by atoms with E-state index in [9.17, 15) is 14.0 Å². The number of carbonyl (C=O) groups excluding carboxylic acids is 2. The minimum absolute atomic E-state index is 0.0759. The number of hydrogen-bond acceptors (Lipinski definition) is 2. The van der Waals surface area contributed by atoms with Gasteiger partial charge in [0.2, 0.25) is 5.91 Å². The highest BCUT2D eigenvalue weighted by Crippen LogP contribution is 2.47. The van der Waals surface area contributed by atoms with Crippen LogP contribution in [0.1, 0.15) is 55.3 Å². The van der Waals surface area contributed by atoms with E-state index in [4.69, 9.17) is 0 Å². The van der Waals surface area contributed by atoms with Gasteiger partial charge in [0.25, 0.3) is 5.91 Å². The SMILES string of the molecule is O=C(NCC12CCCC=C1N(CC1CC1)C(=O)CC2)c1ccccc1F. The maximum Gasteiger partial charge on any atom is 0.254 e. The number of hydrogen-bond donors (Lipinski definition) is 1. The van der Waals surface area contributed by atoms with Gasteiger partial charge in [-0.25, -0.2) is 4.39 Å². The number of carbonyl (C=O) groups is 2. The number of nitrogens with one attached hydrogen (secondary N) is 1. The first kappa shape index (κ1) is 17.3. The molecule has 1 N–H and O–H groups in total. The molecule has 0 aromatic heterocycles. The van der Waals surface area contributed by atoms with Crippen molar-refractivity contribution in [2.45, 2.75) is 44.9 Å². The van der Waals surface area contributed by atoms with Gasteiger partial charge in [-0.2, -0.15) is 0 Å². The van der Waals surface area contributed by atoms with Crippen molar-refractivity contribution in [1.82, 2.24) is 10.2 Å². The second-order valence-corrected chi connectivity index (χ2v) is 7.87. The van der Waals surface area contributed by atoms with Crippen LogP contribution in [0.25, 0.3) is 0 Å². The molecule has 4 nitrogen and oxygen atoms in total. The predicted octanol–water partition coefficient (Wildman–Crippen LogP) is 3.64. The number of nitrogens with zero attached hydrogens (tertiary/aromatic N) is 1. The molecule has 0 radical (unpaired) electrons. The third kappa shape index (κ3) is 3.27. The summed E-state index contributed by atoms with van der Waals surface area (Å²) in [4.78, 5) is 27.0. The largest absolute Gasteiger partial charge is 0.351 e. The van der Waals surface area contributed by atoms with Crippen molar-refractivity contribution >= 4 is 11.8 Å². The van der Waals surface area contributed by atoms with Gasteiger partial charge in [0.15, 0.2) is 0 Å². The number of halogens is 1. The van der Waals surface area contributed by atoms with Crippen LogP contribution in [0.4, 0.5) is 4.39 Å². The Bertz CT molecular complexity index is 756. The minimum Gasteiger partial charge on any atom is -0.351 e. The van der Waals surface area contributed by atoms with Crippen LogP contribution in [0, 0.1) is 17.2 Å². The maximum absolute atomic E-state index is 13.9. The van der Waals surface area contributed by atoms with Gasteiger partial charge >= 0.3 is 0 Å². The molecule has 0 spiro atoms. The molecule has 138 valence electrons. The fourth-order valence-corrected chi connectivity index (χ4v) is 4.31. The monoisotopic (exact) mass is 356 g/mol. The van der Waals surface area contributed by atoms with Crippen LogP contribution >= 0.6 is 0 Å². The molecule has 0 bridgehead atoms. The van der Waals surface area contributed by atoms with Crippen LogP contribution in [-0.2, 0) is 4.79 Å². The molecule has 26 heavy (non-hydrogen) atoms. The van der Waals surface area contributed by atoms with Gasteiger partial charge in [-0.15, -0.1) is 0 Å². The Labute approximate surface area is 153 Å². The lowest BCUT2D eigenvalue weighted by molar-refractivity contribution is -0.134. The van der Waals surface area contributed by atoms with E-state index in [0.717, 1.165) is 37.9 Å². The standard InChI is InChI=1S/C21H25FN2O2/c22-17-6-2-1-5-16(17)20(26)23-14-21-11-4-3-7-18(21)24(13-15-8-9-15)19(25)10-12-21/h1-2,5-7,15H,3-4,8-14H2,(H,23,26). The summed E-state index contributed by atoms with van der Waals surface area (Å²) in [5.74, 6) is -0.0455. The molecular formula is C21H25FN2O2. The van der Waals surface area contributed by atoms with Crippen molar-refractivity contribution in [2.75, 3.05) is 13.1 Å². The molecular weight excluding hydrogens is 331 g/mol. The average molecular weight is 356 g/mol. The Morgan fingerprint density at radius 3 is 2.85 bits per heavy atom. The van der Waals surface area contributed by atoms with Gasteiger partial charge < -0.3 is 10.2 Å². The number of benzene rings is 1. The molecule has 4 rings (SSSR count).